The first-order chi connectivity index (χ1) is 46.6. The van der Waals surface area contributed by atoms with E-state index in [0.717, 1.165) is 45.3 Å². The molecule has 94 heavy (non-hydrogen) atoms. The fourth-order valence-electron chi connectivity index (χ4n) is 13.9. The van der Waals surface area contributed by atoms with Gasteiger partial charge in [0.2, 0.25) is 0 Å². The molecule has 442 valence electrons. The summed E-state index contributed by atoms with van der Waals surface area (Å²) in [4.78, 5) is 7.37. The van der Waals surface area contributed by atoms with Gasteiger partial charge in [0.05, 0.1) is 0 Å². The van der Waals surface area contributed by atoms with Crippen LogP contribution in [0.15, 0.2) is 364 Å². The molecule has 4 heteroatoms. The van der Waals surface area contributed by atoms with Crippen LogP contribution in [0.2, 0.25) is 0 Å². The van der Waals surface area contributed by atoms with Crippen molar-refractivity contribution in [3.63, 3.8) is 0 Å². The number of nitrogens with zero attached hydrogens (tertiary/aromatic N) is 2. The van der Waals surface area contributed by atoms with Gasteiger partial charge in [0.1, 0.15) is 0 Å². The van der Waals surface area contributed by atoms with E-state index in [4.69, 9.17) is 0 Å². The summed E-state index contributed by atoms with van der Waals surface area (Å²) < 4.78 is 2.48. The van der Waals surface area contributed by atoms with Gasteiger partial charge in [0, 0.05) is 75.2 Å². The molecule has 0 unspecified atom stereocenters. The quantitative estimate of drug-likeness (QED) is 0.100. The third kappa shape index (κ3) is 10.4. The molecule has 0 amide bonds. The minimum atomic E-state index is 1.08. The summed E-state index contributed by atoms with van der Waals surface area (Å²) in [6, 6.07) is 133. The molecule has 0 aliphatic rings. The number of anilines is 6. The number of rotatable bonds is 14. The molecule has 0 aliphatic carbocycles. The smallest absolute Gasteiger partial charge is 0.0476 e. The van der Waals surface area contributed by atoms with Gasteiger partial charge < -0.3 is 9.80 Å². The summed E-state index contributed by atoms with van der Waals surface area (Å²) in [6.45, 7) is 0. The normalized spacial score (nSPS) is 11.4. The summed E-state index contributed by atoms with van der Waals surface area (Å²) in [5.41, 5.74) is 23.5. The zero-order valence-corrected chi connectivity index (χ0v) is 53.0. The highest BCUT2D eigenvalue weighted by Gasteiger charge is 2.24. The van der Waals surface area contributed by atoms with Gasteiger partial charge in [0.25, 0.3) is 0 Å². The number of hydrogen-bond acceptors (Lipinski definition) is 4. The molecule has 17 rings (SSSR count). The Morgan fingerprint density at radius 1 is 0.160 bits per heavy atom. The molecule has 0 saturated carbocycles. The third-order valence-electron chi connectivity index (χ3n) is 18.3. The Kier molecular flexibility index (Phi) is 14.7. The van der Waals surface area contributed by atoms with E-state index in [-0.39, 0.29) is 0 Å². The summed E-state index contributed by atoms with van der Waals surface area (Å²) in [5, 5.41) is 7.34. The molecule has 17 aromatic rings. The molecule has 0 bridgehead atoms. The molecule has 2 heterocycles. The van der Waals surface area contributed by atoms with Crippen molar-refractivity contribution in [1.29, 1.82) is 0 Å². The van der Waals surface area contributed by atoms with Crippen LogP contribution in [-0.2, 0) is 0 Å². The SMILES string of the molecule is c1ccc(-c2ccc(N(c3ccc(-c4c5ccccc5c(-c5ccc(N(c6ccc(-c7ccccc7)cc6)c6ccc7c(-c8ccccc8)c(-c8ccccc8)sc7c6)cc5)c5ccccc45)cc3)c3ccc4c(-c5ccccc5)c(-c5ccccc5)sc4c3)cc2)cc1. The lowest BCUT2D eigenvalue weighted by Crippen LogP contribution is -2.09. The average Bonchev–Trinajstić information content (AvgIpc) is 0.789. The van der Waals surface area contributed by atoms with Crippen LogP contribution in [0, 0.1) is 0 Å². The van der Waals surface area contributed by atoms with E-state index >= 15 is 0 Å². The van der Waals surface area contributed by atoms with Crippen molar-refractivity contribution in [2.24, 2.45) is 0 Å². The van der Waals surface area contributed by atoms with E-state index in [2.05, 4.69) is 374 Å². The fourth-order valence-corrected chi connectivity index (χ4v) is 16.4. The van der Waals surface area contributed by atoms with E-state index in [9.17, 15) is 0 Å². The number of benzene rings is 15. The van der Waals surface area contributed by atoms with Crippen molar-refractivity contribution in [2.75, 3.05) is 9.80 Å². The van der Waals surface area contributed by atoms with Crippen molar-refractivity contribution in [3.05, 3.63) is 364 Å². The molecule has 2 nitrogen and oxygen atoms in total. The standard InChI is InChI=1S/C90H60N2S2/c1-7-23-61(24-8-1)63-39-47-71(48-40-63)91(75-55-57-81-83(59-75)93-89(69-31-15-5-16-32-69)87(81)65-27-11-3-12-28-65)73-51-43-67(44-52-73)85-77-35-19-21-37-79(77)86(80-38-22-20-36-78(80)85)68-45-53-74(54-46-68)92(72-49-41-64(42-50-72)62-25-9-2-10-26-62)76-56-58-82-84(60-76)94-90(70-33-17-6-18-34-70)88(82)66-29-13-4-14-30-66/h1-60H. The second-order valence-electron chi connectivity index (χ2n) is 23.9. The van der Waals surface area contributed by atoms with Crippen LogP contribution in [0.5, 0.6) is 0 Å². The summed E-state index contributed by atoms with van der Waals surface area (Å²) >= 11 is 3.73. The van der Waals surface area contributed by atoms with Crippen LogP contribution in [-0.4, -0.2) is 0 Å². The molecule has 0 N–H and O–H groups in total. The van der Waals surface area contributed by atoms with Crippen LogP contribution < -0.4 is 9.80 Å². The Morgan fingerprint density at radius 3 is 0.681 bits per heavy atom. The van der Waals surface area contributed by atoms with Crippen LogP contribution in [0.4, 0.5) is 34.1 Å². The number of hydrogen-bond donors (Lipinski definition) is 0. The van der Waals surface area contributed by atoms with Crippen LogP contribution in [0.1, 0.15) is 0 Å². The maximum atomic E-state index is 2.41. The summed E-state index contributed by atoms with van der Waals surface area (Å²) in [6.07, 6.45) is 0. The second-order valence-corrected chi connectivity index (χ2v) is 26.0. The first-order valence-corrected chi connectivity index (χ1v) is 33.7. The van der Waals surface area contributed by atoms with Gasteiger partial charge in [0.15, 0.2) is 0 Å². The summed E-state index contributed by atoms with van der Waals surface area (Å²) in [7, 11) is 0. The molecule has 0 saturated heterocycles. The Labute approximate surface area is 556 Å². The maximum absolute atomic E-state index is 2.41. The average molecular weight is 1230 g/mol. The van der Waals surface area contributed by atoms with Gasteiger partial charge in [-0.1, -0.05) is 291 Å². The van der Waals surface area contributed by atoms with E-state index in [1.54, 1.807) is 0 Å². The molecule has 0 atom stereocenters. The van der Waals surface area contributed by atoms with Gasteiger partial charge >= 0.3 is 0 Å². The Morgan fingerprint density at radius 2 is 0.383 bits per heavy atom. The molecule has 0 fully saturated rings. The molecule has 15 aromatic carbocycles. The fraction of sp³-hybridized carbons (Fsp3) is 0. The predicted molar refractivity (Wildman–Crippen MR) is 405 cm³/mol. The van der Waals surface area contributed by atoms with Gasteiger partial charge in [-0.3, -0.25) is 0 Å². The third-order valence-corrected chi connectivity index (χ3v) is 20.7. The lowest BCUT2D eigenvalue weighted by molar-refractivity contribution is 1.29. The van der Waals surface area contributed by atoms with Crippen LogP contribution >= 0.6 is 22.7 Å². The second kappa shape index (κ2) is 24.5. The Bertz CT molecular complexity index is 5130. The summed E-state index contributed by atoms with van der Waals surface area (Å²) in [5.74, 6) is 0. The monoisotopic (exact) mass is 1230 g/mol. The Hall–Kier alpha value is -11.7. The molecule has 0 spiro atoms. The molecular weight excluding hydrogens is 1170 g/mol. The van der Waals surface area contributed by atoms with Gasteiger partial charge in [-0.2, -0.15) is 0 Å². The molecule has 0 aliphatic heterocycles. The van der Waals surface area contributed by atoms with Crippen LogP contribution in [0.3, 0.4) is 0 Å². The van der Waals surface area contributed by atoms with Gasteiger partial charge in [-0.05, 0) is 161 Å². The first-order valence-electron chi connectivity index (χ1n) is 32.0. The minimum Gasteiger partial charge on any atom is -0.310 e. The highest BCUT2D eigenvalue weighted by Crippen LogP contribution is 2.51. The van der Waals surface area contributed by atoms with E-state index in [1.807, 2.05) is 22.7 Å². The number of fused-ring (bicyclic) bond motifs is 4. The molecular formula is C90H60N2S2. The van der Waals surface area contributed by atoms with Gasteiger partial charge in [-0.25, -0.2) is 0 Å². The predicted octanol–water partition coefficient (Wildman–Crippen LogP) is 26.7. The molecule has 2 aromatic heterocycles. The topological polar surface area (TPSA) is 6.48 Å². The van der Waals surface area contributed by atoms with Crippen molar-refractivity contribution in [3.8, 4) is 87.6 Å². The van der Waals surface area contributed by atoms with Gasteiger partial charge in [-0.15, -0.1) is 22.7 Å². The Balaban J connectivity index is 0.763. The van der Waals surface area contributed by atoms with Crippen LogP contribution in [0.25, 0.3) is 129 Å². The minimum absolute atomic E-state index is 1.08. The van der Waals surface area contributed by atoms with E-state index < -0.39 is 0 Å². The van der Waals surface area contributed by atoms with E-state index in [0.29, 0.717) is 0 Å². The number of thiophene rings is 2. The zero-order chi connectivity index (χ0) is 62.3. The van der Waals surface area contributed by atoms with Crippen molar-refractivity contribution in [2.45, 2.75) is 0 Å². The largest absolute Gasteiger partial charge is 0.310 e. The van der Waals surface area contributed by atoms with E-state index in [1.165, 1.54) is 118 Å². The van der Waals surface area contributed by atoms with Crippen molar-refractivity contribution in [1.82, 2.24) is 0 Å². The lowest BCUT2D eigenvalue weighted by Gasteiger charge is -2.26. The van der Waals surface area contributed by atoms with Crippen molar-refractivity contribution < 1.29 is 0 Å². The molecule has 0 radical (unpaired) electrons. The first kappa shape index (κ1) is 56.3. The maximum Gasteiger partial charge on any atom is 0.0476 e. The lowest BCUT2D eigenvalue weighted by atomic mass is 9.86. The van der Waals surface area contributed by atoms with Crippen molar-refractivity contribution >= 4 is 98.5 Å². The zero-order valence-electron chi connectivity index (χ0n) is 51.4. The highest BCUT2D eigenvalue weighted by atomic mass is 32.1. The highest BCUT2D eigenvalue weighted by molar-refractivity contribution is 7.23.